The lowest BCUT2D eigenvalue weighted by atomic mass is 9.83. The lowest BCUT2D eigenvalue weighted by Gasteiger charge is -2.28. The molecule has 5 heteroatoms. The van der Waals surface area contributed by atoms with E-state index in [0.717, 1.165) is 12.1 Å². The zero-order valence-corrected chi connectivity index (χ0v) is 11.5. The number of ketones is 1. The van der Waals surface area contributed by atoms with Crippen molar-refractivity contribution in [3.63, 3.8) is 0 Å². The average Bonchev–Trinajstić information content (AvgIpc) is 2.69. The quantitative estimate of drug-likeness (QED) is 0.783. The number of Topliss-reactive ketones (excluding diaryl/α,β-unsaturated/α-hetero) is 1. The SMILES string of the molecule is CCn1nc(C)cc1C(=O)CC1CCCC(F)(F)C1. The van der Waals surface area contributed by atoms with E-state index in [1.807, 2.05) is 13.8 Å². The maximum atomic E-state index is 13.3. The molecule has 1 saturated carbocycles. The van der Waals surface area contributed by atoms with Crippen LogP contribution in [0.4, 0.5) is 8.78 Å². The summed E-state index contributed by atoms with van der Waals surface area (Å²) in [7, 11) is 0. The Morgan fingerprint density at radius 3 is 2.95 bits per heavy atom. The van der Waals surface area contributed by atoms with E-state index in [-0.39, 0.29) is 31.0 Å². The Labute approximate surface area is 112 Å². The molecule has 2 rings (SSSR count). The average molecular weight is 270 g/mol. The molecule has 1 aromatic rings. The van der Waals surface area contributed by atoms with Gasteiger partial charge in [-0.25, -0.2) is 8.78 Å². The first-order chi connectivity index (χ1) is 8.91. The van der Waals surface area contributed by atoms with Crippen LogP contribution in [-0.4, -0.2) is 21.5 Å². The van der Waals surface area contributed by atoms with Gasteiger partial charge >= 0.3 is 0 Å². The van der Waals surface area contributed by atoms with Crippen molar-refractivity contribution >= 4 is 5.78 Å². The van der Waals surface area contributed by atoms with E-state index < -0.39 is 5.92 Å². The van der Waals surface area contributed by atoms with Crippen molar-refractivity contribution in [2.45, 2.75) is 58.4 Å². The molecule has 1 atom stereocenters. The van der Waals surface area contributed by atoms with Crippen molar-refractivity contribution in [1.82, 2.24) is 9.78 Å². The number of carbonyl (C=O) groups excluding carboxylic acids is 1. The smallest absolute Gasteiger partial charge is 0.248 e. The molecular formula is C14H20F2N2O. The number of hydrogen-bond donors (Lipinski definition) is 0. The molecule has 1 aromatic heterocycles. The molecule has 0 saturated heterocycles. The van der Waals surface area contributed by atoms with E-state index in [2.05, 4.69) is 5.10 Å². The Morgan fingerprint density at radius 1 is 1.58 bits per heavy atom. The Kier molecular flexibility index (Phi) is 4.02. The van der Waals surface area contributed by atoms with Gasteiger partial charge in [0.05, 0.1) is 5.69 Å². The number of aryl methyl sites for hydroxylation is 2. The van der Waals surface area contributed by atoms with Gasteiger partial charge in [-0.15, -0.1) is 0 Å². The second-order valence-electron chi connectivity index (χ2n) is 5.43. The Hall–Kier alpha value is -1.26. The summed E-state index contributed by atoms with van der Waals surface area (Å²) in [5.41, 5.74) is 1.34. The van der Waals surface area contributed by atoms with Crippen molar-refractivity contribution in [3.8, 4) is 0 Å². The molecule has 1 fully saturated rings. The normalized spacial score (nSPS) is 22.4. The van der Waals surface area contributed by atoms with Crippen LogP contribution in [0.15, 0.2) is 6.07 Å². The van der Waals surface area contributed by atoms with E-state index in [9.17, 15) is 13.6 Å². The maximum absolute atomic E-state index is 13.3. The largest absolute Gasteiger partial charge is 0.292 e. The number of rotatable bonds is 4. The molecular weight excluding hydrogens is 250 g/mol. The first-order valence-corrected chi connectivity index (χ1v) is 6.87. The van der Waals surface area contributed by atoms with Gasteiger partial charge in [0.2, 0.25) is 5.92 Å². The molecule has 1 unspecified atom stereocenters. The van der Waals surface area contributed by atoms with Gasteiger partial charge in [0.1, 0.15) is 5.69 Å². The fourth-order valence-electron chi connectivity index (χ4n) is 2.83. The van der Waals surface area contributed by atoms with Crippen molar-refractivity contribution in [2.75, 3.05) is 0 Å². The molecule has 0 amide bonds. The molecule has 19 heavy (non-hydrogen) atoms. The van der Waals surface area contributed by atoms with Crippen LogP contribution in [0.3, 0.4) is 0 Å². The summed E-state index contributed by atoms with van der Waals surface area (Å²) < 4.78 is 28.3. The summed E-state index contributed by atoms with van der Waals surface area (Å²) >= 11 is 0. The van der Waals surface area contributed by atoms with Gasteiger partial charge in [0.15, 0.2) is 5.78 Å². The van der Waals surface area contributed by atoms with Crippen LogP contribution in [0.25, 0.3) is 0 Å². The van der Waals surface area contributed by atoms with Crippen molar-refractivity contribution < 1.29 is 13.6 Å². The fraction of sp³-hybridized carbons (Fsp3) is 0.714. The highest BCUT2D eigenvalue weighted by Gasteiger charge is 2.37. The number of alkyl halides is 2. The summed E-state index contributed by atoms with van der Waals surface area (Å²) in [4.78, 5) is 12.2. The molecule has 0 spiro atoms. The van der Waals surface area contributed by atoms with Crippen LogP contribution in [0.1, 0.15) is 55.2 Å². The third kappa shape index (κ3) is 3.39. The Morgan fingerprint density at radius 2 is 2.32 bits per heavy atom. The molecule has 0 radical (unpaired) electrons. The van der Waals surface area contributed by atoms with E-state index in [4.69, 9.17) is 0 Å². The third-order valence-corrected chi connectivity index (χ3v) is 3.70. The third-order valence-electron chi connectivity index (χ3n) is 3.70. The minimum atomic E-state index is -2.59. The molecule has 0 aromatic carbocycles. The molecule has 1 heterocycles. The van der Waals surface area contributed by atoms with Gasteiger partial charge in [0.25, 0.3) is 0 Å². The van der Waals surface area contributed by atoms with Gasteiger partial charge in [-0.3, -0.25) is 9.48 Å². The van der Waals surface area contributed by atoms with E-state index in [1.54, 1.807) is 10.7 Å². The lowest BCUT2D eigenvalue weighted by Crippen LogP contribution is -2.27. The van der Waals surface area contributed by atoms with Gasteiger partial charge in [-0.05, 0) is 38.7 Å². The van der Waals surface area contributed by atoms with E-state index >= 15 is 0 Å². The van der Waals surface area contributed by atoms with Crippen LogP contribution in [0.5, 0.6) is 0 Å². The van der Waals surface area contributed by atoms with Gasteiger partial charge in [0, 0.05) is 25.8 Å². The molecule has 3 nitrogen and oxygen atoms in total. The highest BCUT2D eigenvalue weighted by molar-refractivity contribution is 5.94. The highest BCUT2D eigenvalue weighted by atomic mass is 19.3. The monoisotopic (exact) mass is 270 g/mol. The van der Waals surface area contributed by atoms with Crippen LogP contribution < -0.4 is 0 Å². The molecule has 106 valence electrons. The minimum absolute atomic E-state index is 0.0380. The number of carbonyl (C=O) groups is 1. The molecule has 0 aliphatic heterocycles. The first-order valence-electron chi connectivity index (χ1n) is 6.87. The Bertz CT molecular complexity index is 468. The summed E-state index contributed by atoms with van der Waals surface area (Å²) in [5.74, 6) is -2.86. The van der Waals surface area contributed by atoms with Crippen LogP contribution in [0, 0.1) is 12.8 Å². The highest BCUT2D eigenvalue weighted by Crippen LogP contribution is 2.38. The minimum Gasteiger partial charge on any atom is -0.292 e. The molecule has 1 aliphatic rings. The van der Waals surface area contributed by atoms with Crippen LogP contribution in [-0.2, 0) is 6.54 Å². The van der Waals surface area contributed by atoms with Gasteiger partial charge in [-0.2, -0.15) is 5.10 Å². The Balaban J connectivity index is 2.04. The van der Waals surface area contributed by atoms with Crippen molar-refractivity contribution in [1.29, 1.82) is 0 Å². The number of halogens is 2. The zero-order chi connectivity index (χ0) is 14.0. The van der Waals surface area contributed by atoms with Crippen molar-refractivity contribution in [2.24, 2.45) is 5.92 Å². The maximum Gasteiger partial charge on any atom is 0.248 e. The number of hydrogen-bond acceptors (Lipinski definition) is 2. The van der Waals surface area contributed by atoms with Crippen molar-refractivity contribution in [3.05, 3.63) is 17.5 Å². The second kappa shape index (κ2) is 5.39. The van der Waals surface area contributed by atoms with E-state index in [0.29, 0.717) is 18.7 Å². The van der Waals surface area contributed by atoms with Crippen LogP contribution in [0.2, 0.25) is 0 Å². The number of aromatic nitrogens is 2. The fourth-order valence-corrected chi connectivity index (χ4v) is 2.83. The second-order valence-corrected chi connectivity index (χ2v) is 5.43. The number of nitrogens with zero attached hydrogens (tertiary/aromatic N) is 2. The van der Waals surface area contributed by atoms with Gasteiger partial charge < -0.3 is 0 Å². The molecule has 0 bridgehead atoms. The zero-order valence-electron chi connectivity index (χ0n) is 11.5. The summed E-state index contributed by atoms with van der Waals surface area (Å²) in [5, 5.41) is 4.22. The van der Waals surface area contributed by atoms with E-state index in [1.165, 1.54) is 0 Å². The van der Waals surface area contributed by atoms with Crippen LogP contribution >= 0.6 is 0 Å². The topological polar surface area (TPSA) is 34.9 Å². The summed E-state index contributed by atoms with van der Waals surface area (Å²) in [6.07, 6.45) is 1.25. The summed E-state index contributed by atoms with van der Waals surface area (Å²) in [6, 6.07) is 1.74. The molecule has 1 aliphatic carbocycles. The molecule has 0 N–H and O–H groups in total. The predicted octanol–water partition coefficient (Wildman–Crippen LogP) is 3.61. The summed E-state index contributed by atoms with van der Waals surface area (Å²) in [6.45, 7) is 4.37. The standard InChI is InChI=1S/C14H20F2N2O/c1-3-18-12(7-10(2)17-18)13(19)8-11-5-4-6-14(15,16)9-11/h7,11H,3-6,8-9H2,1-2H3. The lowest BCUT2D eigenvalue weighted by molar-refractivity contribution is -0.0521. The predicted molar refractivity (Wildman–Crippen MR) is 68.5 cm³/mol. The van der Waals surface area contributed by atoms with Gasteiger partial charge in [-0.1, -0.05) is 0 Å². The first kappa shape index (κ1) is 14.2.